The average Bonchev–Trinajstić information content (AvgIpc) is 2.55. The molecule has 1 N–H and O–H groups in total. The van der Waals surface area contributed by atoms with Crippen molar-refractivity contribution in [1.29, 1.82) is 0 Å². The van der Waals surface area contributed by atoms with Crippen LogP contribution >= 0.6 is 0 Å². The molecule has 0 heterocycles. The van der Waals surface area contributed by atoms with Crippen LogP contribution in [0.1, 0.15) is 29.3 Å². The van der Waals surface area contributed by atoms with E-state index in [9.17, 15) is 4.79 Å². The maximum atomic E-state index is 12.0. The lowest BCUT2D eigenvalue weighted by molar-refractivity contribution is 0.0949. The molecule has 0 radical (unpaired) electrons. The van der Waals surface area contributed by atoms with Crippen LogP contribution in [0.25, 0.3) is 5.57 Å². The zero-order valence-electron chi connectivity index (χ0n) is 13.8. The van der Waals surface area contributed by atoms with Crippen LogP contribution in [0, 0.1) is 0 Å². The van der Waals surface area contributed by atoms with E-state index in [-0.39, 0.29) is 5.91 Å². The van der Waals surface area contributed by atoms with Crippen molar-refractivity contribution >= 4 is 20.3 Å². The third-order valence-corrected chi connectivity index (χ3v) is 6.35. The van der Waals surface area contributed by atoms with Gasteiger partial charge in [0.15, 0.2) is 0 Å². The summed E-state index contributed by atoms with van der Waals surface area (Å²) in [6.07, 6.45) is 0.733. The van der Waals surface area contributed by atoms with Gasteiger partial charge in [0, 0.05) is 39.5 Å². The van der Waals surface area contributed by atoms with Crippen LogP contribution in [-0.4, -0.2) is 42.6 Å². The van der Waals surface area contributed by atoms with Gasteiger partial charge in [-0.05, 0) is 31.0 Å². The van der Waals surface area contributed by atoms with Crippen molar-refractivity contribution in [3.8, 4) is 0 Å². The predicted octanol–water partition coefficient (Wildman–Crippen LogP) is 2.72. The van der Waals surface area contributed by atoms with Gasteiger partial charge in [0.25, 0.3) is 5.91 Å². The zero-order valence-corrected chi connectivity index (χ0v) is 14.8. The van der Waals surface area contributed by atoms with Crippen molar-refractivity contribution in [2.45, 2.75) is 19.4 Å². The van der Waals surface area contributed by atoms with Gasteiger partial charge in [-0.3, -0.25) is 4.79 Å². The first kappa shape index (κ1) is 18.6. The van der Waals surface area contributed by atoms with Crippen LogP contribution < -0.4 is 5.32 Å². The van der Waals surface area contributed by atoms with Gasteiger partial charge in [0.2, 0.25) is 0 Å². The quantitative estimate of drug-likeness (QED) is 0.561. The molecule has 0 aromatic heterocycles. The fraction of sp³-hybridized carbons (Fsp3) is 0.438. The molecule has 0 aliphatic heterocycles. The number of amides is 1. The molecule has 1 aromatic carbocycles. The Morgan fingerprint density at radius 1 is 1.09 bits per heavy atom. The third kappa shape index (κ3) is 5.06. The second-order valence-electron chi connectivity index (χ2n) is 5.01. The summed E-state index contributed by atoms with van der Waals surface area (Å²) in [6.45, 7) is 6.36. The van der Waals surface area contributed by atoms with Crippen molar-refractivity contribution in [1.82, 2.24) is 5.32 Å². The molecule has 1 amide bonds. The smallest absolute Gasteiger partial charge is 0.377 e. The molecule has 0 fully saturated rings. The van der Waals surface area contributed by atoms with E-state index >= 15 is 0 Å². The third-order valence-electron chi connectivity index (χ3n) is 3.52. The first-order valence-corrected chi connectivity index (χ1v) is 9.11. The summed E-state index contributed by atoms with van der Waals surface area (Å²) >= 11 is 0. The van der Waals surface area contributed by atoms with Crippen LogP contribution in [0.3, 0.4) is 0 Å². The Labute approximate surface area is 133 Å². The maximum Gasteiger partial charge on any atom is 0.500 e. The van der Waals surface area contributed by atoms with E-state index in [1.165, 1.54) is 0 Å². The number of nitrogens with one attached hydrogen (secondary N) is 1. The molecule has 6 heteroatoms. The zero-order chi connectivity index (χ0) is 16.6. The fourth-order valence-corrected chi connectivity index (χ4v) is 3.79. The highest BCUT2D eigenvalue weighted by Gasteiger charge is 2.36. The number of carbonyl (C=O) groups is 1. The van der Waals surface area contributed by atoms with Gasteiger partial charge in [-0.25, -0.2) is 0 Å². The van der Waals surface area contributed by atoms with Crippen LogP contribution in [0.15, 0.2) is 30.8 Å². The van der Waals surface area contributed by atoms with Gasteiger partial charge in [0.1, 0.15) is 0 Å². The Hall–Kier alpha value is -1.47. The molecule has 0 aliphatic carbocycles. The summed E-state index contributed by atoms with van der Waals surface area (Å²) in [4.78, 5) is 12.0. The average molecular weight is 323 g/mol. The fourth-order valence-electron chi connectivity index (χ4n) is 2.07. The van der Waals surface area contributed by atoms with Crippen molar-refractivity contribution in [3.05, 3.63) is 42.0 Å². The predicted molar refractivity (Wildman–Crippen MR) is 89.7 cm³/mol. The summed E-state index contributed by atoms with van der Waals surface area (Å²) in [6, 6.07) is 8.06. The normalized spacial score (nSPS) is 11.3. The molecule has 1 aromatic rings. The van der Waals surface area contributed by atoms with E-state index in [1.807, 2.05) is 19.1 Å². The van der Waals surface area contributed by atoms with E-state index in [0.29, 0.717) is 18.2 Å². The van der Waals surface area contributed by atoms with Crippen molar-refractivity contribution in [2.75, 3.05) is 27.9 Å². The van der Waals surface area contributed by atoms with Crippen LogP contribution in [-0.2, 0) is 13.3 Å². The number of allylic oxidation sites excluding steroid dienone is 1. The molecule has 1 rings (SSSR count). The molecule has 0 aliphatic rings. The SMILES string of the molecule is C=C(C)c1ccc(C(=O)NCCC[Si](OC)(OC)OC)cc1. The number of benzene rings is 1. The maximum absolute atomic E-state index is 12.0. The Balaban J connectivity index is 2.45. The van der Waals surface area contributed by atoms with Crippen LogP contribution in [0.5, 0.6) is 0 Å². The summed E-state index contributed by atoms with van der Waals surface area (Å²) in [5.74, 6) is -0.0900. The van der Waals surface area contributed by atoms with E-state index in [4.69, 9.17) is 13.3 Å². The largest absolute Gasteiger partial charge is 0.500 e. The summed E-state index contributed by atoms with van der Waals surface area (Å²) < 4.78 is 16.0. The monoisotopic (exact) mass is 323 g/mol. The highest BCUT2D eigenvalue weighted by Crippen LogP contribution is 2.15. The van der Waals surface area contributed by atoms with Gasteiger partial charge in [-0.1, -0.05) is 24.3 Å². The first-order chi connectivity index (χ1) is 10.5. The first-order valence-electron chi connectivity index (χ1n) is 7.17. The molecule has 122 valence electrons. The standard InChI is InChI=1S/C16H25NO4Si/c1-13(2)14-7-9-15(10-8-14)16(18)17-11-6-12-22(19-3,20-4)21-5/h7-10H,1,6,11-12H2,2-5H3,(H,17,18). The number of rotatable bonds is 9. The van der Waals surface area contributed by atoms with Gasteiger partial charge in [-0.2, -0.15) is 0 Å². The molecule has 0 saturated heterocycles. The van der Waals surface area contributed by atoms with Gasteiger partial charge < -0.3 is 18.6 Å². The molecular weight excluding hydrogens is 298 g/mol. The minimum Gasteiger partial charge on any atom is -0.377 e. The number of hydrogen-bond acceptors (Lipinski definition) is 4. The van der Waals surface area contributed by atoms with Gasteiger partial charge >= 0.3 is 8.80 Å². The van der Waals surface area contributed by atoms with Crippen LogP contribution in [0.2, 0.25) is 6.04 Å². The van der Waals surface area contributed by atoms with E-state index in [1.54, 1.807) is 33.5 Å². The second kappa shape index (κ2) is 8.85. The molecule has 0 atom stereocenters. The van der Waals surface area contributed by atoms with Crippen molar-refractivity contribution < 1.29 is 18.1 Å². The highest BCUT2D eigenvalue weighted by atomic mass is 28.4. The molecule has 0 unspecified atom stereocenters. The molecule has 5 nitrogen and oxygen atoms in total. The van der Waals surface area contributed by atoms with E-state index < -0.39 is 8.80 Å². The molecular formula is C16H25NO4Si. The van der Waals surface area contributed by atoms with Crippen molar-refractivity contribution in [3.63, 3.8) is 0 Å². The molecule has 0 spiro atoms. The number of carbonyl (C=O) groups excluding carboxylic acids is 1. The summed E-state index contributed by atoms with van der Waals surface area (Å²) in [7, 11) is 2.20. The lowest BCUT2D eigenvalue weighted by atomic mass is 10.1. The highest BCUT2D eigenvalue weighted by molar-refractivity contribution is 6.60. The Bertz CT molecular complexity index is 489. The summed E-state index contributed by atoms with van der Waals surface area (Å²) in [5.41, 5.74) is 2.65. The minimum atomic E-state index is -2.55. The lowest BCUT2D eigenvalue weighted by Crippen LogP contribution is -2.43. The van der Waals surface area contributed by atoms with Gasteiger partial charge in [0.05, 0.1) is 0 Å². The van der Waals surface area contributed by atoms with E-state index in [2.05, 4.69) is 11.9 Å². The lowest BCUT2D eigenvalue weighted by Gasteiger charge is -2.24. The Morgan fingerprint density at radius 3 is 2.05 bits per heavy atom. The number of hydrogen-bond donors (Lipinski definition) is 1. The van der Waals surface area contributed by atoms with Gasteiger partial charge in [-0.15, -0.1) is 0 Å². The molecule has 0 saturated carbocycles. The Kier molecular flexibility index (Phi) is 7.47. The van der Waals surface area contributed by atoms with Crippen LogP contribution in [0.4, 0.5) is 0 Å². The summed E-state index contributed by atoms with van der Waals surface area (Å²) in [5, 5.41) is 2.89. The second-order valence-corrected chi connectivity index (χ2v) is 8.10. The van der Waals surface area contributed by atoms with E-state index in [0.717, 1.165) is 17.6 Å². The Morgan fingerprint density at radius 2 is 1.59 bits per heavy atom. The van der Waals surface area contributed by atoms with Crippen molar-refractivity contribution in [2.24, 2.45) is 0 Å². The molecule has 0 bridgehead atoms. The molecule has 22 heavy (non-hydrogen) atoms. The minimum absolute atomic E-state index is 0.0900. The topological polar surface area (TPSA) is 56.8 Å².